The van der Waals surface area contributed by atoms with Crippen LogP contribution in [0.2, 0.25) is 0 Å². The van der Waals surface area contributed by atoms with Crippen molar-refractivity contribution in [1.82, 2.24) is 9.80 Å². The zero-order valence-corrected chi connectivity index (χ0v) is 17.8. The monoisotopic (exact) mass is 408 g/mol. The van der Waals surface area contributed by atoms with Crippen molar-refractivity contribution in [3.63, 3.8) is 0 Å². The van der Waals surface area contributed by atoms with E-state index in [4.69, 9.17) is 0 Å². The van der Waals surface area contributed by atoms with Crippen LogP contribution in [0.1, 0.15) is 54.6 Å². The van der Waals surface area contributed by atoms with E-state index in [2.05, 4.69) is 0 Å². The molecule has 7 heteroatoms. The van der Waals surface area contributed by atoms with Gasteiger partial charge in [-0.15, -0.1) is 22.7 Å². The second-order valence-corrected chi connectivity index (χ2v) is 9.43. The number of hydrogen-bond donors (Lipinski definition) is 1. The molecule has 0 saturated carbocycles. The normalized spacial score (nSPS) is 11.4. The summed E-state index contributed by atoms with van der Waals surface area (Å²) < 4.78 is 0. The zero-order valence-electron chi connectivity index (χ0n) is 16.2. The third-order valence-corrected chi connectivity index (χ3v) is 6.02. The molecule has 0 aliphatic carbocycles. The van der Waals surface area contributed by atoms with Crippen molar-refractivity contribution in [3.8, 4) is 0 Å². The molecule has 2 aromatic heterocycles. The SMILES string of the molecule is CC(C)(C)N(CCCCCN(Cc1cccs1)C(=O)c1cccs1)C(=O)O. The number of carbonyl (C=O) groups excluding carboxylic acids is 1. The van der Waals surface area contributed by atoms with E-state index in [9.17, 15) is 14.7 Å². The molecule has 0 radical (unpaired) electrons. The van der Waals surface area contributed by atoms with Crippen molar-refractivity contribution in [2.75, 3.05) is 13.1 Å². The molecular weight excluding hydrogens is 380 g/mol. The van der Waals surface area contributed by atoms with Gasteiger partial charge in [-0.05, 0) is 62.9 Å². The smallest absolute Gasteiger partial charge is 0.407 e. The van der Waals surface area contributed by atoms with Gasteiger partial charge >= 0.3 is 6.09 Å². The predicted octanol–water partition coefficient (Wildman–Crippen LogP) is 5.40. The molecule has 0 saturated heterocycles. The highest BCUT2D eigenvalue weighted by atomic mass is 32.1. The topological polar surface area (TPSA) is 60.9 Å². The van der Waals surface area contributed by atoms with Gasteiger partial charge in [-0.1, -0.05) is 12.1 Å². The lowest BCUT2D eigenvalue weighted by Gasteiger charge is -2.33. The number of unbranched alkanes of at least 4 members (excludes halogenated alkanes) is 2. The summed E-state index contributed by atoms with van der Waals surface area (Å²) in [7, 11) is 0. The van der Waals surface area contributed by atoms with Gasteiger partial charge in [0.25, 0.3) is 5.91 Å². The molecule has 2 heterocycles. The van der Waals surface area contributed by atoms with E-state index in [1.165, 1.54) is 21.1 Å². The van der Waals surface area contributed by atoms with Crippen LogP contribution in [0.4, 0.5) is 4.79 Å². The standard InChI is InChI=1S/C20H28N2O3S2/c1-20(2,3)22(19(24)25)12-6-4-5-11-21(15-16-9-7-13-26-16)18(23)17-10-8-14-27-17/h7-10,13-14H,4-6,11-12,15H2,1-3H3,(H,24,25). The lowest BCUT2D eigenvalue weighted by molar-refractivity contribution is 0.0745. The highest BCUT2D eigenvalue weighted by Gasteiger charge is 2.25. The molecule has 0 aliphatic heterocycles. The maximum absolute atomic E-state index is 12.8. The van der Waals surface area contributed by atoms with Crippen LogP contribution in [-0.4, -0.2) is 45.5 Å². The summed E-state index contributed by atoms with van der Waals surface area (Å²) in [5.41, 5.74) is -0.397. The van der Waals surface area contributed by atoms with E-state index in [1.807, 2.05) is 60.7 Å². The molecule has 2 rings (SSSR count). The van der Waals surface area contributed by atoms with Gasteiger partial charge in [0.15, 0.2) is 0 Å². The highest BCUT2D eigenvalue weighted by Crippen LogP contribution is 2.19. The predicted molar refractivity (Wildman–Crippen MR) is 112 cm³/mol. The fraction of sp³-hybridized carbons (Fsp3) is 0.500. The average Bonchev–Trinajstić information content (AvgIpc) is 3.27. The van der Waals surface area contributed by atoms with E-state index in [-0.39, 0.29) is 5.91 Å². The van der Waals surface area contributed by atoms with E-state index in [0.717, 1.165) is 24.1 Å². The van der Waals surface area contributed by atoms with Gasteiger partial charge in [0.05, 0.1) is 11.4 Å². The number of rotatable bonds is 9. The molecule has 0 atom stereocenters. The molecule has 0 spiro atoms. The minimum atomic E-state index is -0.880. The first-order valence-corrected chi connectivity index (χ1v) is 10.9. The highest BCUT2D eigenvalue weighted by molar-refractivity contribution is 7.12. The van der Waals surface area contributed by atoms with Crippen LogP contribution >= 0.6 is 22.7 Å². The summed E-state index contributed by atoms with van der Waals surface area (Å²) in [5.74, 6) is 0.0697. The fourth-order valence-electron chi connectivity index (χ4n) is 2.87. The molecule has 0 unspecified atom stereocenters. The Balaban J connectivity index is 1.86. The Bertz CT molecular complexity index is 706. The van der Waals surface area contributed by atoms with Gasteiger partial charge in [0.2, 0.25) is 0 Å². The van der Waals surface area contributed by atoms with Crippen LogP contribution in [0.25, 0.3) is 0 Å². The minimum Gasteiger partial charge on any atom is -0.465 e. The Labute approximate surface area is 169 Å². The van der Waals surface area contributed by atoms with E-state index in [1.54, 1.807) is 11.3 Å². The molecule has 5 nitrogen and oxygen atoms in total. The van der Waals surface area contributed by atoms with Crippen LogP contribution in [0, 0.1) is 0 Å². The third kappa shape index (κ3) is 6.66. The molecule has 0 bridgehead atoms. The maximum atomic E-state index is 12.8. The van der Waals surface area contributed by atoms with Gasteiger partial charge in [0, 0.05) is 23.5 Å². The van der Waals surface area contributed by atoms with Crippen molar-refractivity contribution in [2.45, 2.75) is 52.1 Å². The number of amides is 2. The number of nitrogens with zero attached hydrogens (tertiary/aromatic N) is 2. The second-order valence-electron chi connectivity index (χ2n) is 7.45. The van der Waals surface area contributed by atoms with Crippen molar-refractivity contribution in [2.24, 2.45) is 0 Å². The summed E-state index contributed by atoms with van der Waals surface area (Å²) >= 11 is 3.12. The van der Waals surface area contributed by atoms with Gasteiger partial charge in [-0.2, -0.15) is 0 Å². The molecule has 2 aromatic rings. The molecule has 27 heavy (non-hydrogen) atoms. The number of carboxylic acid groups (broad SMARTS) is 1. The van der Waals surface area contributed by atoms with Crippen molar-refractivity contribution >= 4 is 34.7 Å². The van der Waals surface area contributed by atoms with Crippen LogP contribution in [0.5, 0.6) is 0 Å². The molecule has 148 valence electrons. The van der Waals surface area contributed by atoms with Crippen molar-refractivity contribution in [3.05, 3.63) is 44.8 Å². The summed E-state index contributed by atoms with van der Waals surface area (Å²) in [6.07, 6.45) is 1.66. The zero-order chi connectivity index (χ0) is 19.9. The van der Waals surface area contributed by atoms with Crippen molar-refractivity contribution in [1.29, 1.82) is 0 Å². The Morgan fingerprint density at radius 3 is 2.22 bits per heavy atom. The van der Waals surface area contributed by atoms with Gasteiger partial charge in [-0.3, -0.25) is 4.79 Å². The Kier molecular flexibility index (Phi) is 7.86. The molecule has 0 fully saturated rings. The Morgan fingerprint density at radius 1 is 1.00 bits per heavy atom. The third-order valence-electron chi connectivity index (χ3n) is 4.30. The van der Waals surface area contributed by atoms with Crippen LogP contribution in [0.3, 0.4) is 0 Å². The molecular formula is C20H28N2O3S2. The van der Waals surface area contributed by atoms with Gasteiger partial charge in [0.1, 0.15) is 0 Å². The Hall–Kier alpha value is -1.86. The quantitative estimate of drug-likeness (QED) is 0.565. The lowest BCUT2D eigenvalue weighted by Crippen LogP contribution is -2.45. The summed E-state index contributed by atoms with van der Waals surface area (Å²) in [4.78, 5) is 29.5. The van der Waals surface area contributed by atoms with E-state index in [0.29, 0.717) is 19.6 Å². The van der Waals surface area contributed by atoms with Crippen molar-refractivity contribution < 1.29 is 14.7 Å². The Morgan fingerprint density at radius 2 is 1.67 bits per heavy atom. The van der Waals surface area contributed by atoms with Crippen LogP contribution < -0.4 is 0 Å². The number of hydrogen-bond acceptors (Lipinski definition) is 4. The van der Waals surface area contributed by atoms with E-state index >= 15 is 0 Å². The number of carbonyl (C=O) groups is 2. The second kappa shape index (κ2) is 9.90. The molecule has 1 N–H and O–H groups in total. The minimum absolute atomic E-state index is 0.0697. The summed E-state index contributed by atoms with van der Waals surface area (Å²) in [6, 6.07) is 7.81. The summed E-state index contributed by atoms with van der Waals surface area (Å²) in [5, 5.41) is 13.3. The fourth-order valence-corrected chi connectivity index (χ4v) is 4.28. The van der Waals surface area contributed by atoms with E-state index < -0.39 is 11.6 Å². The van der Waals surface area contributed by atoms with Crippen LogP contribution in [-0.2, 0) is 6.54 Å². The maximum Gasteiger partial charge on any atom is 0.407 e. The largest absolute Gasteiger partial charge is 0.465 e. The first kappa shape index (κ1) is 21.4. The first-order valence-electron chi connectivity index (χ1n) is 9.15. The average molecular weight is 409 g/mol. The van der Waals surface area contributed by atoms with Gasteiger partial charge in [-0.25, -0.2) is 4.79 Å². The molecule has 0 aromatic carbocycles. The molecule has 0 aliphatic rings. The lowest BCUT2D eigenvalue weighted by atomic mass is 10.1. The molecule has 2 amide bonds. The van der Waals surface area contributed by atoms with Gasteiger partial charge < -0.3 is 14.9 Å². The first-order chi connectivity index (χ1) is 12.8. The summed E-state index contributed by atoms with van der Waals surface area (Å²) in [6.45, 7) is 7.54. The number of thiophene rings is 2. The van der Waals surface area contributed by atoms with Crippen LogP contribution in [0.15, 0.2) is 35.0 Å².